The highest BCUT2D eigenvalue weighted by Crippen LogP contribution is 2.16. The number of ether oxygens (including phenoxy) is 1. The minimum Gasteiger partial charge on any atom is -0.378 e. The molecule has 2 N–H and O–H groups in total. The maximum atomic E-state index is 12.2. The van der Waals surface area contributed by atoms with Gasteiger partial charge >= 0.3 is 0 Å². The summed E-state index contributed by atoms with van der Waals surface area (Å²) in [7, 11) is 0. The zero-order valence-electron chi connectivity index (χ0n) is 15.1. The molecule has 0 radical (unpaired) electrons. The first kappa shape index (κ1) is 18.6. The Hall–Kier alpha value is -3.19. The van der Waals surface area contributed by atoms with E-state index in [4.69, 9.17) is 4.74 Å². The van der Waals surface area contributed by atoms with E-state index < -0.39 is 0 Å². The normalized spacial score (nSPS) is 14.2. The van der Waals surface area contributed by atoms with E-state index in [1.165, 1.54) is 6.92 Å². The molecule has 0 bridgehead atoms. The van der Waals surface area contributed by atoms with Crippen molar-refractivity contribution in [1.29, 1.82) is 0 Å². The Morgan fingerprint density at radius 3 is 2.56 bits per heavy atom. The quantitative estimate of drug-likeness (QED) is 0.628. The molecule has 7 nitrogen and oxygen atoms in total. The summed E-state index contributed by atoms with van der Waals surface area (Å²) >= 11 is 0. The predicted molar refractivity (Wildman–Crippen MR) is 105 cm³/mol. The van der Waals surface area contributed by atoms with E-state index in [0.717, 1.165) is 37.6 Å². The van der Waals surface area contributed by atoms with Crippen LogP contribution in [-0.4, -0.2) is 44.3 Å². The molecule has 0 saturated carbocycles. The van der Waals surface area contributed by atoms with Gasteiger partial charge in [-0.3, -0.25) is 9.59 Å². The average molecular weight is 366 g/mol. The van der Waals surface area contributed by atoms with Crippen molar-refractivity contribution in [1.82, 2.24) is 5.43 Å². The number of benzene rings is 2. The van der Waals surface area contributed by atoms with Crippen LogP contribution in [0, 0.1) is 0 Å². The number of rotatable bonds is 5. The molecule has 1 saturated heterocycles. The van der Waals surface area contributed by atoms with Gasteiger partial charge in [0.1, 0.15) is 0 Å². The molecule has 0 aliphatic carbocycles. The van der Waals surface area contributed by atoms with Crippen LogP contribution >= 0.6 is 0 Å². The van der Waals surface area contributed by atoms with Crippen molar-refractivity contribution in [3.05, 3.63) is 59.7 Å². The van der Waals surface area contributed by atoms with Crippen molar-refractivity contribution in [3.63, 3.8) is 0 Å². The lowest BCUT2D eigenvalue weighted by atomic mass is 10.2. The number of amides is 2. The molecule has 1 fully saturated rings. The van der Waals surface area contributed by atoms with Crippen LogP contribution in [0.3, 0.4) is 0 Å². The monoisotopic (exact) mass is 366 g/mol. The molecular formula is C20H22N4O3. The number of hydrogen-bond acceptors (Lipinski definition) is 5. The summed E-state index contributed by atoms with van der Waals surface area (Å²) in [6, 6.07) is 14.7. The van der Waals surface area contributed by atoms with Crippen LogP contribution in [0.2, 0.25) is 0 Å². The van der Waals surface area contributed by atoms with Gasteiger partial charge in [0.15, 0.2) is 0 Å². The Kier molecular flexibility index (Phi) is 6.17. The van der Waals surface area contributed by atoms with E-state index in [2.05, 4.69) is 20.7 Å². The van der Waals surface area contributed by atoms with Crippen molar-refractivity contribution in [2.24, 2.45) is 5.10 Å². The molecule has 1 aliphatic heterocycles. The molecule has 27 heavy (non-hydrogen) atoms. The number of anilines is 2. The number of hydrogen-bond donors (Lipinski definition) is 2. The molecule has 1 heterocycles. The van der Waals surface area contributed by atoms with Crippen LogP contribution < -0.4 is 15.6 Å². The molecule has 0 aromatic heterocycles. The third kappa shape index (κ3) is 5.39. The van der Waals surface area contributed by atoms with E-state index in [1.807, 2.05) is 24.3 Å². The van der Waals surface area contributed by atoms with E-state index >= 15 is 0 Å². The zero-order chi connectivity index (χ0) is 19.1. The van der Waals surface area contributed by atoms with Gasteiger partial charge in [-0.15, -0.1) is 0 Å². The van der Waals surface area contributed by atoms with Crippen molar-refractivity contribution in [3.8, 4) is 0 Å². The second kappa shape index (κ2) is 8.95. The minimum absolute atomic E-state index is 0.189. The van der Waals surface area contributed by atoms with Crippen LogP contribution in [0.4, 0.5) is 11.4 Å². The molecule has 7 heteroatoms. The van der Waals surface area contributed by atoms with Crippen molar-refractivity contribution in [2.75, 3.05) is 36.5 Å². The fourth-order valence-corrected chi connectivity index (χ4v) is 2.76. The van der Waals surface area contributed by atoms with Gasteiger partial charge in [0.05, 0.1) is 19.4 Å². The molecule has 2 amide bonds. The van der Waals surface area contributed by atoms with Crippen LogP contribution in [0.25, 0.3) is 0 Å². The van der Waals surface area contributed by atoms with Gasteiger partial charge in [-0.25, -0.2) is 5.43 Å². The van der Waals surface area contributed by atoms with Gasteiger partial charge in [0.25, 0.3) is 5.91 Å². The molecular weight excluding hydrogens is 344 g/mol. The highest BCUT2D eigenvalue weighted by atomic mass is 16.5. The number of nitrogens with one attached hydrogen (secondary N) is 2. The molecule has 1 aliphatic rings. The molecule has 0 unspecified atom stereocenters. The lowest BCUT2D eigenvalue weighted by Gasteiger charge is -2.28. The van der Waals surface area contributed by atoms with Crippen LogP contribution in [-0.2, 0) is 9.53 Å². The Morgan fingerprint density at radius 1 is 1.11 bits per heavy atom. The zero-order valence-corrected chi connectivity index (χ0v) is 15.1. The van der Waals surface area contributed by atoms with Gasteiger partial charge < -0.3 is 15.0 Å². The average Bonchev–Trinajstić information content (AvgIpc) is 2.69. The first-order valence-corrected chi connectivity index (χ1v) is 8.75. The van der Waals surface area contributed by atoms with Gasteiger partial charge in [0.2, 0.25) is 5.91 Å². The SMILES string of the molecule is CC(=O)Nc1cccc(C(=O)NN=Cc2ccc(N3CCOCC3)cc2)c1. The predicted octanol–water partition coefficient (Wildman–Crippen LogP) is 2.25. The Balaban J connectivity index is 1.56. The highest BCUT2D eigenvalue weighted by Gasteiger charge is 2.10. The third-order valence-electron chi connectivity index (χ3n) is 4.09. The van der Waals surface area contributed by atoms with Gasteiger partial charge in [-0.2, -0.15) is 5.10 Å². The van der Waals surface area contributed by atoms with Crippen LogP contribution in [0.15, 0.2) is 53.6 Å². The molecule has 2 aromatic rings. The second-order valence-corrected chi connectivity index (χ2v) is 6.15. The first-order chi connectivity index (χ1) is 13.1. The lowest BCUT2D eigenvalue weighted by Crippen LogP contribution is -2.36. The number of nitrogens with zero attached hydrogens (tertiary/aromatic N) is 2. The minimum atomic E-state index is -0.344. The summed E-state index contributed by atoms with van der Waals surface area (Å²) in [5.41, 5.74) is 5.52. The smallest absolute Gasteiger partial charge is 0.271 e. The summed E-state index contributed by atoms with van der Waals surface area (Å²) in [4.78, 5) is 25.6. The van der Waals surface area contributed by atoms with Gasteiger partial charge in [-0.05, 0) is 35.9 Å². The van der Waals surface area contributed by atoms with Crippen molar-refractivity contribution >= 4 is 29.4 Å². The largest absolute Gasteiger partial charge is 0.378 e. The first-order valence-electron chi connectivity index (χ1n) is 8.75. The number of morpholine rings is 1. The Bertz CT molecular complexity index is 827. The van der Waals surface area contributed by atoms with E-state index in [1.54, 1.807) is 30.5 Å². The summed E-state index contributed by atoms with van der Waals surface area (Å²) in [5.74, 6) is -0.533. The highest BCUT2D eigenvalue weighted by molar-refractivity contribution is 5.97. The lowest BCUT2D eigenvalue weighted by molar-refractivity contribution is -0.114. The standard InChI is InChI=1S/C20H22N4O3/c1-15(25)22-18-4-2-3-17(13-18)20(26)23-21-14-16-5-7-19(8-6-16)24-9-11-27-12-10-24/h2-8,13-14H,9-12H2,1H3,(H,22,25)(H,23,26). The van der Waals surface area contributed by atoms with E-state index in [-0.39, 0.29) is 11.8 Å². The van der Waals surface area contributed by atoms with Crippen molar-refractivity contribution in [2.45, 2.75) is 6.92 Å². The molecule has 0 atom stereocenters. The molecule has 2 aromatic carbocycles. The maximum Gasteiger partial charge on any atom is 0.271 e. The van der Waals surface area contributed by atoms with E-state index in [0.29, 0.717) is 11.3 Å². The second-order valence-electron chi connectivity index (χ2n) is 6.15. The molecule has 140 valence electrons. The summed E-state index contributed by atoms with van der Waals surface area (Å²) in [5, 5.41) is 6.65. The van der Waals surface area contributed by atoms with Crippen LogP contribution in [0.1, 0.15) is 22.8 Å². The summed E-state index contributed by atoms with van der Waals surface area (Å²) in [6.45, 7) is 4.69. The number of hydrazone groups is 1. The molecule has 0 spiro atoms. The number of carbonyl (C=O) groups is 2. The Labute approximate surface area is 158 Å². The van der Waals surface area contributed by atoms with E-state index in [9.17, 15) is 9.59 Å². The number of carbonyl (C=O) groups excluding carboxylic acids is 2. The maximum absolute atomic E-state index is 12.2. The third-order valence-corrected chi connectivity index (χ3v) is 4.09. The van der Waals surface area contributed by atoms with Crippen LogP contribution in [0.5, 0.6) is 0 Å². The van der Waals surface area contributed by atoms with Gasteiger partial charge in [-0.1, -0.05) is 18.2 Å². The summed E-state index contributed by atoms with van der Waals surface area (Å²) < 4.78 is 5.36. The summed E-state index contributed by atoms with van der Waals surface area (Å²) in [6.07, 6.45) is 1.60. The fraction of sp³-hybridized carbons (Fsp3) is 0.250. The fourth-order valence-electron chi connectivity index (χ4n) is 2.76. The van der Waals surface area contributed by atoms with Gasteiger partial charge in [0, 0.05) is 37.0 Å². The molecule has 3 rings (SSSR count). The Morgan fingerprint density at radius 2 is 1.85 bits per heavy atom. The topological polar surface area (TPSA) is 83.0 Å². The van der Waals surface area contributed by atoms with Crippen molar-refractivity contribution < 1.29 is 14.3 Å².